The molecule has 0 aromatic heterocycles. The van der Waals surface area contributed by atoms with Crippen molar-refractivity contribution in [3.8, 4) is 0 Å². The molecule has 0 aliphatic heterocycles. The molecular weight excluding hydrogens is 345 g/mol. The third-order valence-electron chi connectivity index (χ3n) is 2.66. The lowest BCUT2D eigenvalue weighted by molar-refractivity contribution is -0.385. The van der Waals surface area contributed by atoms with Crippen molar-refractivity contribution in [1.29, 1.82) is 0 Å². The molecule has 2 aromatic carbocycles. The van der Waals surface area contributed by atoms with E-state index in [1.807, 2.05) is 0 Å². The van der Waals surface area contributed by atoms with Gasteiger partial charge in [-0.3, -0.25) is 14.9 Å². The van der Waals surface area contributed by atoms with Crippen LogP contribution in [0.15, 0.2) is 40.9 Å². The van der Waals surface area contributed by atoms with Crippen molar-refractivity contribution in [2.45, 2.75) is 0 Å². The van der Waals surface area contributed by atoms with Crippen LogP contribution in [0, 0.1) is 15.9 Å². The minimum absolute atomic E-state index is 0.0623. The van der Waals surface area contributed by atoms with E-state index in [1.165, 1.54) is 30.3 Å². The largest absolute Gasteiger partial charge is 0.396 e. The lowest BCUT2D eigenvalue weighted by atomic mass is 10.2. The molecule has 0 radical (unpaired) electrons. The van der Waals surface area contributed by atoms with Gasteiger partial charge in [-0.15, -0.1) is 0 Å². The molecule has 0 heterocycles. The highest BCUT2D eigenvalue weighted by atomic mass is 79.9. The maximum atomic E-state index is 13.3. The number of nitrogens with one attached hydrogen (secondary N) is 1. The fraction of sp³-hybridized carbons (Fsp3) is 0. The van der Waals surface area contributed by atoms with E-state index in [1.54, 1.807) is 0 Å². The number of benzene rings is 2. The lowest BCUT2D eigenvalue weighted by Crippen LogP contribution is -2.12. The van der Waals surface area contributed by atoms with Gasteiger partial charge in [-0.2, -0.15) is 0 Å². The smallest absolute Gasteiger partial charge is 0.285 e. The van der Waals surface area contributed by atoms with Gasteiger partial charge in [0.1, 0.15) is 5.82 Å². The van der Waals surface area contributed by atoms with Crippen molar-refractivity contribution in [3.05, 3.63) is 62.4 Å². The fourth-order valence-electron chi connectivity index (χ4n) is 1.60. The van der Waals surface area contributed by atoms with Crippen LogP contribution in [0.1, 0.15) is 10.4 Å². The van der Waals surface area contributed by atoms with Crippen LogP contribution in [-0.4, -0.2) is 10.8 Å². The molecule has 21 heavy (non-hydrogen) atoms. The van der Waals surface area contributed by atoms with Crippen molar-refractivity contribution in [2.24, 2.45) is 0 Å². The Morgan fingerprint density at radius 3 is 2.62 bits per heavy atom. The molecule has 0 saturated heterocycles. The molecule has 0 atom stereocenters. The summed E-state index contributed by atoms with van der Waals surface area (Å²) < 4.78 is 13.6. The van der Waals surface area contributed by atoms with Gasteiger partial charge in [-0.1, -0.05) is 0 Å². The summed E-state index contributed by atoms with van der Waals surface area (Å²) >= 11 is 3.04. The molecule has 0 unspecified atom stereocenters. The Labute approximate surface area is 127 Å². The first-order chi connectivity index (χ1) is 9.88. The summed E-state index contributed by atoms with van der Waals surface area (Å²) in [7, 11) is 0. The van der Waals surface area contributed by atoms with Gasteiger partial charge in [0.25, 0.3) is 11.6 Å². The van der Waals surface area contributed by atoms with Gasteiger partial charge in [0, 0.05) is 17.3 Å². The SMILES string of the molecule is Nc1ccc(C(=O)Nc2ccc(Br)c([N+](=O)[O-])c2)cc1F. The fourth-order valence-corrected chi connectivity index (χ4v) is 1.99. The maximum Gasteiger partial charge on any atom is 0.285 e. The summed E-state index contributed by atoms with van der Waals surface area (Å²) in [5.41, 5.74) is 5.37. The molecule has 3 N–H and O–H groups in total. The number of nitrogens with zero attached hydrogens (tertiary/aromatic N) is 1. The van der Waals surface area contributed by atoms with E-state index >= 15 is 0 Å². The molecule has 2 aromatic rings. The van der Waals surface area contributed by atoms with Gasteiger partial charge in [-0.25, -0.2) is 4.39 Å². The standard InChI is InChI=1S/C13H9BrFN3O3/c14-9-3-2-8(6-12(9)18(20)21)17-13(19)7-1-4-11(16)10(15)5-7/h1-6H,16H2,(H,17,19). The molecule has 0 bridgehead atoms. The van der Waals surface area contributed by atoms with Gasteiger partial charge in [0.15, 0.2) is 0 Å². The van der Waals surface area contributed by atoms with Gasteiger partial charge in [-0.05, 0) is 46.3 Å². The predicted molar refractivity (Wildman–Crippen MR) is 79.6 cm³/mol. The van der Waals surface area contributed by atoms with E-state index in [0.717, 1.165) is 6.07 Å². The van der Waals surface area contributed by atoms with Crippen LogP contribution in [0.3, 0.4) is 0 Å². The highest BCUT2D eigenvalue weighted by Crippen LogP contribution is 2.28. The number of anilines is 2. The molecule has 0 saturated carbocycles. The van der Waals surface area contributed by atoms with Gasteiger partial charge >= 0.3 is 0 Å². The lowest BCUT2D eigenvalue weighted by Gasteiger charge is -2.06. The van der Waals surface area contributed by atoms with Gasteiger partial charge in [0.05, 0.1) is 15.1 Å². The first-order valence-electron chi connectivity index (χ1n) is 5.69. The van der Waals surface area contributed by atoms with Gasteiger partial charge in [0.2, 0.25) is 0 Å². The molecule has 1 amide bonds. The van der Waals surface area contributed by atoms with Crippen LogP contribution in [0.2, 0.25) is 0 Å². The zero-order valence-corrected chi connectivity index (χ0v) is 12.1. The average Bonchev–Trinajstić information content (AvgIpc) is 2.43. The number of hydrogen-bond donors (Lipinski definition) is 2. The Morgan fingerprint density at radius 2 is 2.00 bits per heavy atom. The number of amides is 1. The minimum atomic E-state index is -0.704. The summed E-state index contributed by atoms with van der Waals surface area (Å²) in [6, 6.07) is 7.77. The number of nitro groups is 1. The molecule has 0 spiro atoms. The first-order valence-corrected chi connectivity index (χ1v) is 6.48. The van der Waals surface area contributed by atoms with Crippen molar-refractivity contribution in [3.63, 3.8) is 0 Å². The van der Waals surface area contributed by atoms with Crippen LogP contribution in [0.5, 0.6) is 0 Å². The monoisotopic (exact) mass is 353 g/mol. The number of hydrogen-bond acceptors (Lipinski definition) is 4. The zero-order chi connectivity index (χ0) is 15.6. The molecule has 108 valence electrons. The second-order valence-electron chi connectivity index (χ2n) is 4.11. The molecule has 8 heteroatoms. The molecule has 2 rings (SSSR count). The summed E-state index contributed by atoms with van der Waals surface area (Å²) in [5.74, 6) is -1.30. The third-order valence-corrected chi connectivity index (χ3v) is 3.33. The van der Waals surface area contributed by atoms with E-state index in [9.17, 15) is 19.3 Å². The number of carbonyl (C=O) groups excluding carboxylic acids is 1. The normalized spacial score (nSPS) is 10.2. The summed E-state index contributed by atoms with van der Waals surface area (Å²) in [6.07, 6.45) is 0. The number of nitrogens with two attached hydrogens (primary N) is 1. The van der Waals surface area contributed by atoms with Crippen molar-refractivity contribution in [1.82, 2.24) is 0 Å². The number of rotatable bonds is 3. The Bertz CT molecular complexity index is 737. The Hall–Kier alpha value is -2.48. The predicted octanol–water partition coefficient (Wildman–Crippen LogP) is 3.33. The van der Waals surface area contributed by atoms with Crippen molar-refractivity contribution < 1.29 is 14.1 Å². The van der Waals surface area contributed by atoms with Crippen LogP contribution in [-0.2, 0) is 0 Å². The number of carbonyl (C=O) groups is 1. The summed E-state index contributed by atoms with van der Waals surface area (Å²) in [5, 5.41) is 13.3. The minimum Gasteiger partial charge on any atom is -0.396 e. The quantitative estimate of drug-likeness (QED) is 0.502. The molecular formula is C13H9BrFN3O3. The third kappa shape index (κ3) is 3.34. The van der Waals surface area contributed by atoms with Crippen molar-refractivity contribution >= 4 is 38.9 Å². The highest BCUT2D eigenvalue weighted by molar-refractivity contribution is 9.10. The number of halogens is 2. The van der Waals surface area contributed by atoms with Crippen molar-refractivity contribution in [2.75, 3.05) is 11.1 Å². The highest BCUT2D eigenvalue weighted by Gasteiger charge is 2.14. The Balaban J connectivity index is 2.25. The second kappa shape index (κ2) is 5.88. The average molecular weight is 354 g/mol. The van der Waals surface area contributed by atoms with E-state index < -0.39 is 16.6 Å². The van der Waals surface area contributed by atoms with E-state index in [-0.39, 0.29) is 22.6 Å². The first kappa shape index (κ1) is 14.9. The molecule has 0 fully saturated rings. The van der Waals surface area contributed by atoms with E-state index in [0.29, 0.717) is 4.47 Å². The van der Waals surface area contributed by atoms with E-state index in [2.05, 4.69) is 21.2 Å². The topological polar surface area (TPSA) is 98.3 Å². The molecule has 0 aliphatic rings. The second-order valence-corrected chi connectivity index (χ2v) is 4.97. The number of nitro benzene ring substituents is 1. The Morgan fingerprint density at radius 1 is 1.29 bits per heavy atom. The van der Waals surface area contributed by atoms with Crippen LogP contribution in [0.25, 0.3) is 0 Å². The number of nitrogen functional groups attached to an aromatic ring is 1. The molecule has 6 nitrogen and oxygen atoms in total. The Kier molecular flexibility index (Phi) is 4.18. The molecule has 0 aliphatic carbocycles. The summed E-state index contributed by atoms with van der Waals surface area (Å²) in [6.45, 7) is 0. The van der Waals surface area contributed by atoms with Gasteiger partial charge < -0.3 is 11.1 Å². The van der Waals surface area contributed by atoms with Crippen LogP contribution < -0.4 is 11.1 Å². The maximum absolute atomic E-state index is 13.3. The van der Waals surface area contributed by atoms with E-state index in [4.69, 9.17) is 5.73 Å². The van der Waals surface area contributed by atoms with Crippen LogP contribution in [0.4, 0.5) is 21.5 Å². The summed E-state index contributed by atoms with van der Waals surface area (Å²) in [4.78, 5) is 22.2. The zero-order valence-electron chi connectivity index (χ0n) is 10.5. The van der Waals surface area contributed by atoms with Crippen LogP contribution >= 0.6 is 15.9 Å².